The Balaban J connectivity index is 1.34. The van der Waals surface area contributed by atoms with Crippen molar-refractivity contribution in [3.8, 4) is 6.07 Å². The van der Waals surface area contributed by atoms with Crippen LogP contribution in [0.25, 0.3) is 0 Å². The number of nitrogens with one attached hydrogen (secondary N) is 1. The number of nitrogens with zero attached hydrogens (tertiary/aromatic N) is 4. The summed E-state index contributed by atoms with van der Waals surface area (Å²) in [5.74, 6) is 1.91. The van der Waals surface area contributed by atoms with Gasteiger partial charge in [-0.15, -0.1) is 0 Å². The molecule has 2 atom stereocenters. The lowest BCUT2D eigenvalue weighted by Gasteiger charge is -2.12. The number of aromatic nitrogens is 3. The van der Waals surface area contributed by atoms with E-state index in [9.17, 15) is 0 Å². The first-order chi connectivity index (χ1) is 11.2. The maximum atomic E-state index is 9.14. The van der Waals surface area contributed by atoms with Crippen LogP contribution >= 0.6 is 11.5 Å². The van der Waals surface area contributed by atoms with Gasteiger partial charge in [-0.25, -0.2) is 0 Å². The Hall–Kier alpha value is -1.98. The van der Waals surface area contributed by atoms with Gasteiger partial charge in [0.05, 0.1) is 11.8 Å². The molecule has 0 radical (unpaired) electrons. The highest BCUT2D eigenvalue weighted by Crippen LogP contribution is 2.40. The van der Waals surface area contributed by atoms with Gasteiger partial charge in [0.2, 0.25) is 0 Å². The summed E-state index contributed by atoms with van der Waals surface area (Å²) in [5, 5.41) is 17.3. The maximum Gasteiger partial charge on any atom is 0.255 e. The first-order valence-corrected chi connectivity index (χ1v) is 8.61. The van der Waals surface area contributed by atoms with Crippen molar-refractivity contribution in [2.45, 2.75) is 50.7 Å². The van der Waals surface area contributed by atoms with Crippen LogP contribution < -0.4 is 5.32 Å². The van der Waals surface area contributed by atoms with E-state index in [4.69, 9.17) is 14.5 Å². The molecule has 7 nitrogen and oxygen atoms in total. The molecule has 2 aliphatic rings. The van der Waals surface area contributed by atoms with Gasteiger partial charge in [-0.1, -0.05) is 5.16 Å². The van der Waals surface area contributed by atoms with Crippen molar-refractivity contribution in [2.24, 2.45) is 0 Å². The largest absolute Gasteiger partial charge is 0.372 e. The minimum atomic E-state index is -0.111. The van der Waals surface area contributed by atoms with E-state index in [1.165, 1.54) is 11.5 Å². The van der Waals surface area contributed by atoms with Crippen molar-refractivity contribution in [3.63, 3.8) is 0 Å². The molecule has 1 aliphatic heterocycles. The van der Waals surface area contributed by atoms with E-state index < -0.39 is 0 Å². The molecular weight excluding hydrogens is 314 g/mol. The minimum absolute atomic E-state index is 0.0743. The smallest absolute Gasteiger partial charge is 0.255 e. The summed E-state index contributed by atoms with van der Waals surface area (Å²) < 4.78 is 15.6. The van der Waals surface area contributed by atoms with E-state index in [0.717, 1.165) is 42.2 Å². The van der Waals surface area contributed by atoms with E-state index in [-0.39, 0.29) is 12.2 Å². The van der Waals surface area contributed by atoms with Crippen molar-refractivity contribution in [3.05, 3.63) is 23.0 Å². The number of ether oxygens (including phenoxy) is 1. The average Bonchev–Trinajstić information content (AvgIpc) is 2.99. The lowest BCUT2D eigenvalue weighted by molar-refractivity contribution is 0.0327. The van der Waals surface area contributed by atoms with Gasteiger partial charge in [0, 0.05) is 12.5 Å². The number of hydrogen-bond donors (Lipinski definition) is 1. The Labute approximate surface area is 137 Å². The van der Waals surface area contributed by atoms with Crippen LogP contribution in [0.3, 0.4) is 0 Å². The molecule has 2 aromatic heterocycles. The van der Waals surface area contributed by atoms with Crippen LogP contribution in [0.15, 0.2) is 4.52 Å². The topological polar surface area (TPSA) is 96.9 Å². The Morgan fingerprint density at radius 3 is 3.00 bits per heavy atom. The van der Waals surface area contributed by atoms with Crippen molar-refractivity contribution in [1.29, 1.82) is 5.26 Å². The highest BCUT2D eigenvalue weighted by atomic mass is 32.1. The normalized spacial score (nSPS) is 23.8. The van der Waals surface area contributed by atoms with Gasteiger partial charge in [-0.3, -0.25) is 0 Å². The predicted octanol–water partition coefficient (Wildman–Crippen LogP) is 2.92. The van der Waals surface area contributed by atoms with Crippen LogP contribution in [0, 0.1) is 18.3 Å². The molecule has 120 valence electrons. The minimum Gasteiger partial charge on any atom is -0.372 e. The summed E-state index contributed by atoms with van der Waals surface area (Å²) in [6.45, 7) is 2.49. The molecule has 0 aromatic carbocycles. The van der Waals surface area contributed by atoms with Gasteiger partial charge in [0.25, 0.3) is 5.89 Å². The molecule has 8 heteroatoms. The average molecular weight is 331 g/mol. The van der Waals surface area contributed by atoms with Crippen molar-refractivity contribution in [1.82, 2.24) is 14.5 Å². The molecule has 1 saturated carbocycles. The van der Waals surface area contributed by atoms with E-state index in [2.05, 4.69) is 25.9 Å². The fourth-order valence-corrected chi connectivity index (χ4v) is 3.50. The fourth-order valence-electron chi connectivity index (χ4n) is 2.75. The summed E-state index contributed by atoms with van der Waals surface area (Å²) in [7, 11) is 0. The zero-order valence-electron chi connectivity index (χ0n) is 12.8. The van der Waals surface area contributed by atoms with Gasteiger partial charge < -0.3 is 14.6 Å². The monoisotopic (exact) mass is 331 g/mol. The number of hydrogen-bond acceptors (Lipinski definition) is 8. The Kier molecular flexibility index (Phi) is 3.75. The SMILES string of the molecule is Cc1nsc(NC[C@H]2CC[C@@H](c3nc(C4CC4)no3)O2)c1C#N. The van der Waals surface area contributed by atoms with Crippen LogP contribution in [-0.2, 0) is 4.74 Å². The summed E-state index contributed by atoms with van der Waals surface area (Å²) in [5.41, 5.74) is 1.39. The lowest BCUT2D eigenvalue weighted by atomic mass is 10.2. The molecule has 2 fully saturated rings. The quantitative estimate of drug-likeness (QED) is 0.899. The van der Waals surface area contributed by atoms with Gasteiger partial charge in [-0.2, -0.15) is 14.6 Å². The fraction of sp³-hybridized carbons (Fsp3) is 0.600. The summed E-state index contributed by atoms with van der Waals surface area (Å²) >= 11 is 1.31. The second kappa shape index (κ2) is 5.91. The van der Waals surface area contributed by atoms with Crippen molar-refractivity contribution in [2.75, 3.05) is 11.9 Å². The van der Waals surface area contributed by atoms with Crippen LogP contribution in [0.2, 0.25) is 0 Å². The molecule has 3 heterocycles. The van der Waals surface area contributed by atoms with E-state index >= 15 is 0 Å². The Morgan fingerprint density at radius 2 is 2.22 bits per heavy atom. The summed E-state index contributed by atoms with van der Waals surface area (Å²) in [6, 6.07) is 2.18. The van der Waals surface area contributed by atoms with Gasteiger partial charge in [0.15, 0.2) is 5.82 Å². The number of aryl methyl sites for hydroxylation is 1. The molecule has 0 bridgehead atoms. The molecule has 1 saturated heterocycles. The zero-order chi connectivity index (χ0) is 15.8. The zero-order valence-corrected chi connectivity index (χ0v) is 13.6. The first kappa shape index (κ1) is 14.6. The standard InChI is InChI=1S/C15H17N5O2S/c1-8-11(6-16)15(23-20-8)17-7-10-4-5-12(21-10)14-18-13(19-22-14)9-2-3-9/h9-10,12,17H,2-5,7H2,1H3/t10-,12+/m1/s1. The molecule has 4 rings (SSSR count). The number of rotatable bonds is 5. The molecule has 0 amide bonds. The molecule has 0 spiro atoms. The second-order valence-corrected chi connectivity index (χ2v) is 6.83. The van der Waals surface area contributed by atoms with Gasteiger partial charge in [0.1, 0.15) is 22.7 Å². The highest BCUT2D eigenvalue weighted by molar-refractivity contribution is 7.10. The highest BCUT2D eigenvalue weighted by Gasteiger charge is 2.34. The molecule has 1 aliphatic carbocycles. The predicted molar refractivity (Wildman–Crippen MR) is 83.2 cm³/mol. The van der Waals surface area contributed by atoms with Crippen LogP contribution in [0.4, 0.5) is 5.00 Å². The van der Waals surface area contributed by atoms with Gasteiger partial charge >= 0.3 is 0 Å². The number of anilines is 1. The van der Waals surface area contributed by atoms with Crippen LogP contribution in [0.1, 0.15) is 60.7 Å². The second-order valence-electron chi connectivity index (χ2n) is 6.05. The Bertz CT molecular complexity index is 745. The maximum absolute atomic E-state index is 9.14. The van der Waals surface area contributed by atoms with E-state index in [1.807, 2.05) is 6.92 Å². The third kappa shape index (κ3) is 2.94. The molecule has 1 N–H and O–H groups in total. The summed E-state index contributed by atoms with van der Waals surface area (Å²) in [4.78, 5) is 4.46. The molecule has 0 unspecified atom stereocenters. The van der Waals surface area contributed by atoms with Crippen LogP contribution in [0.5, 0.6) is 0 Å². The lowest BCUT2D eigenvalue weighted by Crippen LogP contribution is -2.19. The van der Waals surface area contributed by atoms with E-state index in [0.29, 0.717) is 23.9 Å². The summed E-state index contributed by atoms with van der Waals surface area (Å²) in [6.07, 6.45) is 4.09. The molecule has 23 heavy (non-hydrogen) atoms. The Morgan fingerprint density at radius 1 is 1.35 bits per heavy atom. The van der Waals surface area contributed by atoms with E-state index in [1.54, 1.807) is 0 Å². The number of nitriles is 1. The van der Waals surface area contributed by atoms with Crippen molar-refractivity contribution < 1.29 is 9.26 Å². The first-order valence-electron chi connectivity index (χ1n) is 7.83. The van der Waals surface area contributed by atoms with Crippen molar-refractivity contribution >= 4 is 16.5 Å². The third-order valence-electron chi connectivity index (χ3n) is 4.25. The molecular formula is C15H17N5O2S. The molecule has 2 aromatic rings. The van der Waals surface area contributed by atoms with Gasteiger partial charge in [-0.05, 0) is 44.1 Å². The van der Waals surface area contributed by atoms with Crippen LogP contribution in [-0.4, -0.2) is 27.2 Å². The third-order valence-corrected chi connectivity index (χ3v) is 5.14.